The summed E-state index contributed by atoms with van der Waals surface area (Å²) in [6, 6.07) is 6.08. The Kier molecular flexibility index (Phi) is 4.53. The lowest BCUT2D eigenvalue weighted by atomic mass is 10.1. The molecule has 0 atom stereocenters. The van der Waals surface area contributed by atoms with Gasteiger partial charge in [-0.1, -0.05) is 0 Å². The summed E-state index contributed by atoms with van der Waals surface area (Å²) in [5.74, 6) is 0.125. The van der Waals surface area contributed by atoms with Crippen molar-refractivity contribution in [3.8, 4) is 0 Å². The van der Waals surface area contributed by atoms with Crippen molar-refractivity contribution in [1.82, 2.24) is 10.2 Å². The highest BCUT2D eigenvalue weighted by Crippen LogP contribution is 2.25. The fraction of sp³-hybridized carbons (Fsp3) is 0.316. The Balaban J connectivity index is 1.55. The summed E-state index contributed by atoms with van der Waals surface area (Å²) in [5, 5.41) is 2.18. The van der Waals surface area contributed by atoms with Crippen LogP contribution in [-0.2, 0) is 16.1 Å². The number of amides is 4. The smallest absolute Gasteiger partial charge is 0.331 e. The molecule has 2 aliphatic heterocycles. The van der Waals surface area contributed by atoms with Gasteiger partial charge in [-0.15, -0.1) is 0 Å². The number of furan rings is 2. The van der Waals surface area contributed by atoms with E-state index in [0.717, 1.165) is 30.8 Å². The minimum absolute atomic E-state index is 0.0561. The fourth-order valence-electron chi connectivity index (χ4n) is 3.24. The summed E-state index contributed by atoms with van der Waals surface area (Å²) in [6.07, 6.45) is 6.26. The molecule has 0 bridgehead atoms. The molecule has 8 heteroatoms. The first-order valence-corrected chi connectivity index (χ1v) is 8.88. The molecule has 2 fully saturated rings. The van der Waals surface area contributed by atoms with Gasteiger partial charge in [0, 0.05) is 19.2 Å². The Bertz CT molecular complexity index is 890. The van der Waals surface area contributed by atoms with E-state index in [9.17, 15) is 14.4 Å². The molecule has 4 rings (SSSR count). The predicted octanol–water partition coefficient (Wildman–Crippen LogP) is 2.52. The first-order chi connectivity index (χ1) is 13.1. The van der Waals surface area contributed by atoms with Crippen LogP contribution in [0.15, 0.2) is 44.9 Å². The van der Waals surface area contributed by atoms with Gasteiger partial charge in [0.05, 0.1) is 12.8 Å². The molecular formula is C19H19N3O5. The number of carbonyl (C=O) groups excluding carboxylic acids is 3. The van der Waals surface area contributed by atoms with E-state index < -0.39 is 17.8 Å². The molecule has 0 spiro atoms. The zero-order chi connectivity index (χ0) is 18.8. The van der Waals surface area contributed by atoms with Gasteiger partial charge in [-0.25, -0.2) is 4.79 Å². The van der Waals surface area contributed by atoms with Crippen LogP contribution in [0.2, 0.25) is 0 Å². The topological polar surface area (TPSA) is 96.0 Å². The molecule has 4 amide bonds. The number of carbonyl (C=O) groups is 3. The standard InChI is InChI=1S/C19H19N3O5/c23-17-15(11-13-6-7-16(27-13)21-8-2-1-3-9-21)18(24)22(19(25)20-17)12-14-5-4-10-26-14/h4-7,10-11H,1-3,8-9,12H2,(H,20,23,25). The number of imide groups is 2. The summed E-state index contributed by atoms with van der Waals surface area (Å²) in [5.41, 5.74) is -0.152. The van der Waals surface area contributed by atoms with E-state index in [-0.39, 0.29) is 12.1 Å². The number of piperidine rings is 1. The van der Waals surface area contributed by atoms with Gasteiger partial charge in [-0.2, -0.15) is 0 Å². The number of nitrogens with one attached hydrogen (secondary N) is 1. The maximum Gasteiger partial charge on any atom is 0.331 e. The highest BCUT2D eigenvalue weighted by Gasteiger charge is 2.36. The van der Waals surface area contributed by atoms with Crippen LogP contribution in [0.3, 0.4) is 0 Å². The van der Waals surface area contributed by atoms with Crippen LogP contribution in [0.4, 0.5) is 10.7 Å². The Hall–Kier alpha value is -3.29. The third kappa shape index (κ3) is 3.51. The van der Waals surface area contributed by atoms with Gasteiger partial charge < -0.3 is 13.7 Å². The maximum absolute atomic E-state index is 12.7. The molecule has 0 unspecified atom stereocenters. The number of barbiturate groups is 1. The van der Waals surface area contributed by atoms with E-state index in [4.69, 9.17) is 8.83 Å². The molecular weight excluding hydrogens is 350 g/mol. The zero-order valence-electron chi connectivity index (χ0n) is 14.6. The molecule has 2 aromatic heterocycles. The number of anilines is 1. The summed E-state index contributed by atoms with van der Waals surface area (Å²) in [6.45, 7) is 1.79. The van der Waals surface area contributed by atoms with Crippen molar-refractivity contribution in [3.05, 3.63) is 47.6 Å². The monoisotopic (exact) mass is 369 g/mol. The second-order valence-electron chi connectivity index (χ2n) is 6.51. The van der Waals surface area contributed by atoms with Crippen LogP contribution in [0.25, 0.3) is 6.08 Å². The third-order valence-electron chi connectivity index (χ3n) is 4.65. The van der Waals surface area contributed by atoms with Crippen molar-refractivity contribution in [3.63, 3.8) is 0 Å². The first-order valence-electron chi connectivity index (χ1n) is 8.88. The molecule has 2 aliphatic rings. The SMILES string of the molecule is O=C1NC(=O)N(Cc2ccco2)C(=O)C1=Cc1ccc(N2CCCCC2)o1. The van der Waals surface area contributed by atoms with E-state index in [1.807, 2.05) is 6.07 Å². The van der Waals surface area contributed by atoms with Crippen LogP contribution < -0.4 is 10.2 Å². The molecule has 0 aliphatic carbocycles. The van der Waals surface area contributed by atoms with E-state index in [2.05, 4.69) is 10.2 Å². The summed E-state index contributed by atoms with van der Waals surface area (Å²) in [7, 11) is 0. The largest absolute Gasteiger partial charge is 0.467 e. The van der Waals surface area contributed by atoms with Crippen molar-refractivity contribution in [2.24, 2.45) is 0 Å². The Morgan fingerprint density at radius 2 is 1.89 bits per heavy atom. The van der Waals surface area contributed by atoms with E-state index in [0.29, 0.717) is 17.4 Å². The number of nitrogens with zero attached hydrogens (tertiary/aromatic N) is 2. The minimum Gasteiger partial charge on any atom is -0.467 e. The van der Waals surface area contributed by atoms with Crippen LogP contribution in [0, 0.1) is 0 Å². The minimum atomic E-state index is -0.771. The van der Waals surface area contributed by atoms with Crippen molar-refractivity contribution in [1.29, 1.82) is 0 Å². The molecule has 8 nitrogen and oxygen atoms in total. The quantitative estimate of drug-likeness (QED) is 0.657. The first kappa shape index (κ1) is 17.1. The Labute approximate surface area is 155 Å². The average Bonchev–Trinajstić information content (AvgIpc) is 3.35. The second kappa shape index (κ2) is 7.14. The van der Waals surface area contributed by atoms with Gasteiger partial charge in [-0.05, 0) is 43.5 Å². The van der Waals surface area contributed by atoms with Crippen LogP contribution >= 0.6 is 0 Å². The number of urea groups is 1. The molecule has 0 saturated carbocycles. The molecule has 0 radical (unpaired) electrons. The van der Waals surface area contributed by atoms with Gasteiger partial charge in [0.1, 0.15) is 17.1 Å². The lowest BCUT2D eigenvalue weighted by Crippen LogP contribution is -2.53. The Morgan fingerprint density at radius 3 is 2.63 bits per heavy atom. The summed E-state index contributed by atoms with van der Waals surface area (Å²) < 4.78 is 11.0. The van der Waals surface area contributed by atoms with Crippen LogP contribution in [0.5, 0.6) is 0 Å². The third-order valence-corrected chi connectivity index (χ3v) is 4.65. The number of rotatable bonds is 4. The summed E-state index contributed by atoms with van der Waals surface area (Å²) in [4.78, 5) is 39.9. The molecule has 4 heterocycles. The van der Waals surface area contributed by atoms with Crippen molar-refractivity contribution in [2.45, 2.75) is 25.8 Å². The number of hydrogen-bond acceptors (Lipinski definition) is 6. The Morgan fingerprint density at radius 1 is 1.07 bits per heavy atom. The van der Waals surface area contributed by atoms with Gasteiger partial charge in [0.25, 0.3) is 11.8 Å². The van der Waals surface area contributed by atoms with Crippen molar-refractivity contribution >= 4 is 29.8 Å². The van der Waals surface area contributed by atoms with E-state index >= 15 is 0 Å². The van der Waals surface area contributed by atoms with E-state index in [1.54, 1.807) is 18.2 Å². The molecule has 2 saturated heterocycles. The van der Waals surface area contributed by atoms with Gasteiger partial charge in [0.15, 0.2) is 5.88 Å². The molecule has 140 valence electrons. The van der Waals surface area contributed by atoms with E-state index in [1.165, 1.54) is 18.8 Å². The summed E-state index contributed by atoms with van der Waals surface area (Å²) >= 11 is 0. The van der Waals surface area contributed by atoms with Crippen LogP contribution in [0.1, 0.15) is 30.8 Å². The highest BCUT2D eigenvalue weighted by molar-refractivity contribution is 6.30. The number of hydrogen-bond donors (Lipinski definition) is 1. The lowest BCUT2D eigenvalue weighted by Gasteiger charge is -2.26. The van der Waals surface area contributed by atoms with Crippen molar-refractivity contribution in [2.75, 3.05) is 18.0 Å². The van der Waals surface area contributed by atoms with Gasteiger partial charge >= 0.3 is 6.03 Å². The van der Waals surface area contributed by atoms with Gasteiger partial charge in [0.2, 0.25) is 0 Å². The molecule has 27 heavy (non-hydrogen) atoms. The van der Waals surface area contributed by atoms with Gasteiger partial charge in [-0.3, -0.25) is 19.8 Å². The maximum atomic E-state index is 12.7. The predicted molar refractivity (Wildman–Crippen MR) is 95.5 cm³/mol. The highest BCUT2D eigenvalue weighted by atomic mass is 16.4. The van der Waals surface area contributed by atoms with Crippen LogP contribution in [-0.4, -0.2) is 35.8 Å². The normalized spacial score (nSPS) is 19.7. The molecule has 1 N–H and O–H groups in total. The zero-order valence-corrected chi connectivity index (χ0v) is 14.6. The lowest BCUT2D eigenvalue weighted by molar-refractivity contribution is -0.130. The molecule has 2 aromatic rings. The average molecular weight is 369 g/mol. The fourth-order valence-corrected chi connectivity index (χ4v) is 3.24. The van der Waals surface area contributed by atoms with Crippen molar-refractivity contribution < 1.29 is 23.2 Å². The second-order valence-corrected chi connectivity index (χ2v) is 6.51. The molecule has 0 aromatic carbocycles.